The Kier molecular flexibility index (Phi) is 2.13. The van der Waals surface area contributed by atoms with Gasteiger partial charge in [-0.3, -0.25) is 4.90 Å². The zero-order valence-electron chi connectivity index (χ0n) is 8.03. The molecule has 0 aromatic rings. The smallest absolute Gasteiger partial charge is 0.0589 e. The third-order valence-electron chi connectivity index (χ3n) is 3.20. The molecule has 0 unspecified atom stereocenters. The Morgan fingerprint density at radius 2 is 2.25 bits per heavy atom. The summed E-state index contributed by atoms with van der Waals surface area (Å²) in [6.07, 6.45) is 1.37. The van der Waals surface area contributed by atoms with Crippen LogP contribution in [0.25, 0.3) is 0 Å². The van der Waals surface area contributed by atoms with Crippen LogP contribution in [0.1, 0.15) is 20.3 Å². The molecule has 2 nitrogen and oxygen atoms in total. The van der Waals surface area contributed by atoms with Crippen LogP contribution in [0.5, 0.6) is 0 Å². The summed E-state index contributed by atoms with van der Waals surface area (Å²) in [5.41, 5.74) is 0. The molecule has 70 valence electrons. The second-order valence-electron chi connectivity index (χ2n) is 4.76. The van der Waals surface area contributed by atoms with Gasteiger partial charge in [-0.2, -0.15) is 0 Å². The first-order valence-corrected chi connectivity index (χ1v) is 5.07. The zero-order valence-corrected chi connectivity index (χ0v) is 8.03. The lowest BCUT2D eigenvalue weighted by molar-refractivity contribution is 0.126. The molecule has 0 aromatic heterocycles. The first-order chi connectivity index (χ1) is 5.72. The fourth-order valence-electron chi connectivity index (χ4n) is 2.59. The summed E-state index contributed by atoms with van der Waals surface area (Å²) in [6.45, 7) is 7.27. The van der Waals surface area contributed by atoms with E-state index < -0.39 is 0 Å². The van der Waals surface area contributed by atoms with Gasteiger partial charge < -0.3 is 5.11 Å². The minimum Gasteiger partial charge on any atom is -0.395 e. The maximum Gasteiger partial charge on any atom is 0.0589 e. The van der Waals surface area contributed by atoms with Crippen molar-refractivity contribution < 1.29 is 5.11 Å². The van der Waals surface area contributed by atoms with Gasteiger partial charge in [0.05, 0.1) is 6.61 Å². The Morgan fingerprint density at radius 3 is 2.83 bits per heavy atom. The molecular weight excluding hydrogens is 150 g/mol. The lowest BCUT2D eigenvalue weighted by atomic mass is 10.1. The summed E-state index contributed by atoms with van der Waals surface area (Å²) in [5.74, 6) is 2.51. The number of fused-ring (bicyclic) bond motifs is 1. The van der Waals surface area contributed by atoms with Crippen molar-refractivity contribution in [3.63, 3.8) is 0 Å². The Balaban J connectivity index is 1.89. The van der Waals surface area contributed by atoms with E-state index in [9.17, 15) is 5.11 Å². The zero-order chi connectivity index (χ0) is 8.72. The number of hydrogen-bond acceptors (Lipinski definition) is 2. The van der Waals surface area contributed by atoms with Crippen LogP contribution in [0.3, 0.4) is 0 Å². The molecule has 1 aliphatic heterocycles. The van der Waals surface area contributed by atoms with Crippen molar-refractivity contribution in [1.82, 2.24) is 4.90 Å². The van der Waals surface area contributed by atoms with Gasteiger partial charge in [0.1, 0.15) is 0 Å². The van der Waals surface area contributed by atoms with Gasteiger partial charge in [-0.25, -0.2) is 0 Å². The van der Waals surface area contributed by atoms with Gasteiger partial charge in [0.15, 0.2) is 0 Å². The van der Waals surface area contributed by atoms with E-state index in [-0.39, 0.29) is 0 Å². The van der Waals surface area contributed by atoms with E-state index in [4.69, 9.17) is 0 Å². The molecule has 2 fully saturated rings. The number of rotatable bonds is 3. The van der Waals surface area contributed by atoms with Crippen molar-refractivity contribution in [2.75, 3.05) is 19.7 Å². The first-order valence-electron chi connectivity index (χ1n) is 5.07. The second-order valence-corrected chi connectivity index (χ2v) is 4.76. The number of aliphatic hydroxyl groups is 1. The molecule has 0 radical (unpaired) electrons. The molecule has 2 aliphatic rings. The summed E-state index contributed by atoms with van der Waals surface area (Å²) < 4.78 is 0. The van der Waals surface area contributed by atoms with Crippen molar-refractivity contribution in [3.05, 3.63) is 0 Å². The monoisotopic (exact) mass is 169 g/mol. The topological polar surface area (TPSA) is 23.5 Å². The van der Waals surface area contributed by atoms with E-state index in [0.29, 0.717) is 12.6 Å². The predicted molar refractivity (Wildman–Crippen MR) is 48.9 cm³/mol. The molecule has 1 heterocycles. The van der Waals surface area contributed by atoms with Gasteiger partial charge in [0.2, 0.25) is 0 Å². The first kappa shape index (κ1) is 8.52. The van der Waals surface area contributed by atoms with E-state index in [0.717, 1.165) is 24.3 Å². The molecule has 2 rings (SSSR count). The summed E-state index contributed by atoms with van der Waals surface area (Å²) in [6, 6.07) is 0.498. The van der Waals surface area contributed by atoms with Crippen molar-refractivity contribution in [3.8, 4) is 0 Å². The maximum atomic E-state index is 9.20. The minimum atomic E-state index is 0.369. The molecule has 1 N–H and O–H groups in total. The largest absolute Gasteiger partial charge is 0.395 e. The highest BCUT2D eigenvalue weighted by molar-refractivity contribution is 5.03. The predicted octanol–water partition coefficient (Wildman–Crippen LogP) is 0.955. The highest BCUT2D eigenvalue weighted by Crippen LogP contribution is 2.49. The Bertz CT molecular complexity index is 169. The molecule has 0 aromatic carbocycles. The highest BCUT2D eigenvalue weighted by atomic mass is 16.3. The Hall–Kier alpha value is -0.0800. The fraction of sp³-hybridized carbons (Fsp3) is 1.00. The summed E-state index contributed by atoms with van der Waals surface area (Å²) >= 11 is 0. The number of piperidine rings is 1. The van der Waals surface area contributed by atoms with Crippen molar-refractivity contribution in [2.45, 2.75) is 26.3 Å². The van der Waals surface area contributed by atoms with E-state index in [1.54, 1.807) is 0 Å². The SMILES string of the molecule is CC(C)CN1C[C@H]2C[C@H]2[C@H]1CO. The average molecular weight is 169 g/mol. The van der Waals surface area contributed by atoms with Crippen molar-refractivity contribution in [2.24, 2.45) is 17.8 Å². The number of likely N-dealkylation sites (tertiary alicyclic amines) is 1. The highest BCUT2D eigenvalue weighted by Gasteiger charge is 2.51. The van der Waals surface area contributed by atoms with Crippen molar-refractivity contribution in [1.29, 1.82) is 0 Å². The number of aliphatic hydroxyl groups excluding tert-OH is 1. The van der Waals surface area contributed by atoms with Gasteiger partial charge in [-0.1, -0.05) is 13.8 Å². The lowest BCUT2D eigenvalue weighted by Crippen LogP contribution is -2.38. The molecule has 1 aliphatic carbocycles. The van der Waals surface area contributed by atoms with E-state index in [2.05, 4.69) is 18.7 Å². The van der Waals surface area contributed by atoms with Crippen LogP contribution < -0.4 is 0 Å². The maximum absolute atomic E-state index is 9.20. The van der Waals surface area contributed by atoms with Crippen LogP contribution >= 0.6 is 0 Å². The van der Waals surface area contributed by atoms with Crippen LogP contribution in [-0.4, -0.2) is 35.7 Å². The number of hydrogen-bond donors (Lipinski definition) is 1. The average Bonchev–Trinajstić information content (AvgIpc) is 2.63. The third-order valence-corrected chi connectivity index (χ3v) is 3.20. The van der Waals surface area contributed by atoms with Gasteiger partial charge in [0, 0.05) is 19.1 Å². The summed E-state index contributed by atoms with van der Waals surface area (Å²) in [7, 11) is 0. The normalized spacial score (nSPS) is 40.5. The van der Waals surface area contributed by atoms with E-state index in [1.165, 1.54) is 13.0 Å². The molecule has 2 heteroatoms. The quantitative estimate of drug-likeness (QED) is 0.680. The van der Waals surface area contributed by atoms with Crippen LogP contribution in [0.15, 0.2) is 0 Å². The van der Waals surface area contributed by atoms with Crippen LogP contribution in [0.2, 0.25) is 0 Å². The van der Waals surface area contributed by atoms with Crippen molar-refractivity contribution >= 4 is 0 Å². The lowest BCUT2D eigenvalue weighted by Gasteiger charge is -2.27. The molecule has 3 atom stereocenters. The molecular formula is C10H19NO. The third kappa shape index (κ3) is 1.38. The number of nitrogens with zero attached hydrogens (tertiary/aromatic N) is 1. The van der Waals surface area contributed by atoms with E-state index >= 15 is 0 Å². The standard InChI is InChI=1S/C10H19NO/c1-7(2)4-11-5-8-3-9(8)10(11)6-12/h7-10,12H,3-6H2,1-2H3/t8-,9-,10-/m1/s1. The van der Waals surface area contributed by atoms with Gasteiger partial charge in [0.25, 0.3) is 0 Å². The summed E-state index contributed by atoms with van der Waals surface area (Å²) in [4.78, 5) is 2.48. The Labute approximate surface area is 74.6 Å². The van der Waals surface area contributed by atoms with Crippen LogP contribution in [0, 0.1) is 17.8 Å². The fourth-order valence-corrected chi connectivity index (χ4v) is 2.59. The van der Waals surface area contributed by atoms with Gasteiger partial charge in [-0.05, 0) is 24.2 Å². The molecule has 1 saturated heterocycles. The van der Waals surface area contributed by atoms with Crippen LogP contribution in [0.4, 0.5) is 0 Å². The Morgan fingerprint density at radius 1 is 1.50 bits per heavy atom. The molecule has 12 heavy (non-hydrogen) atoms. The molecule has 0 bridgehead atoms. The molecule has 0 spiro atoms. The molecule has 0 amide bonds. The second kappa shape index (κ2) is 3.00. The minimum absolute atomic E-state index is 0.369. The summed E-state index contributed by atoms with van der Waals surface area (Å²) in [5, 5.41) is 9.20. The van der Waals surface area contributed by atoms with Gasteiger partial charge in [-0.15, -0.1) is 0 Å². The van der Waals surface area contributed by atoms with Crippen LogP contribution in [-0.2, 0) is 0 Å². The molecule has 1 saturated carbocycles. The van der Waals surface area contributed by atoms with Gasteiger partial charge >= 0.3 is 0 Å². The van der Waals surface area contributed by atoms with E-state index in [1.807, 2.05) is 0 Å².